The number of hydrogen-bond donors (Lipinski definition) is 1. The van der Waals surface area contributed by atoms with Gasteiger partial charge in [0, 0.05) is 21.8 Å². The highest BCUT2D eigenvalue weighted by molar-refractivity contribution is 7.12. The highest BCUT2D eigenvalue weighted by Gasteiger charge is 2.31. The molecule has 1 saturated carbocycles. The second-order valence-electron chi connectivity index (χ2n) is 5.51. The number of nitrogens with one attached hydrogen (secondary N) is 1. The normalized spacial score (nSPS) is 26.8. The lowest BCUT2D eigenvalue weighted by molar-refractivity contribution is 0.160. The summed E-state index contributed by atoms with van der Waals surface area (Å²) < 4.78 is 0. The average molecular weight is 237 g/mol. The van der Waals surface area contributed by atoms with Crippen molar-refractivity contribution in [3.8, 4) is 0 Å². The molecule has 0 bridgehead atoms. The molecule has 1 aliphatic carbocycles. The van der Waals surface area contributed by atoms with E-state index in [9.17, 15) is 0 Å². The van der Waals surface area contributed by atoms with E-state index in [0.717, 1.165) is 17.9 Å². The van der Waals surface area contributed by atoms with Gasteiger partial charge in [-0.05, 0) is 50.7 Å². The zero-order valence-corrected chi connectivity index (χ0v) is 11.6. The predicted octanol–water partition coefficient (Wildman–Crippen LogP) is 4.14. The van der Waals surface area contributed by atoms with E-state index in [1.807, 2.05) is 11.3 Å². The van der Waals surface area contributed by atoms with Gasteiger partial charge in [-0.15, -0.1) is 11.3 Å². The minimum Gasteiger partial charge on any atom is -0.307 e. The van der Waals surface area contributed by atoms with Gasteiger partial charge in [-0.3, -0.25) is 0 Å². The van der Waals surface area contributed by atoms with Gasteiger partial charge in [0.25, 0.3) is 0 Å². The van der Waals surface area contributed by atoms with E-state index in [2.05, 4.69) is 45.1 Å². The summed E-state index contributed by atoms with van der Waals surface area (Å²) in [6.45, 7) is 9.15. The van der Waals surface area contributed by atoms with Crippen molar-refractivity contribution in [1.29, 1.82) is 0 Å². The molecule has 16 heavy (non-hydrogen) atoms. The van der Waals surface area contributed by atoms with Gasteiger partial charge < -0.3 is 5.32 Å². The highest BCUT2D eigenvalue weighted by Crippen LogP contribution is 2.35. The molecule has 0 aliphatic heterocycles. The van der Waals surface area contributed by atoms with Crippen LogP contribution in [0.3, 0.4) is 0 Å². The molecule has 90 valence electrons. The van der Waals surface area contributed by atoms with E-state index in [1.165, 1.54) is 22.6 Å². The van der Waals surface area contributed by atoms with E-state index in [0.29, 0.717) is 6.04 Å². The van der Waals surface area contributed by atoms with Gasteiger partial charge in [0.2, 0.25) is 0 Å². The van der Waals surface area contributed by atoms with Crippen molar-refractivity contribution in [3.05, 3.63) is 21.9 Å². The molecule has 0 amide bonds. The molecule has 0 aromatic carbocycles. The number of hydrogen-bond acceptors (Lipinski definition) is 2. The minimum absolute atomic E-state index is 0.525. The lowest BCUT2D eigenvalue weighted by Gasteiger charge is -2.40. The van der Waals surface area contributed by atoms with Crippen LogP contribution in [0.25, 0.3) is 0 Å². The first-order valence-electron chi connectivity index (χ1n) is 6.38. The third kappa shape index (κ3) is 2.67. The molecule has 1 atom stereocenters. The summed E-state index contributed by atoms with van der Waals surface area (Å²) in [5.74, 6) is 1.81. The molecule has 1 N–H and O–H groups in total. The van der Waals surface area contributed by atoms with E-state index < -0.39 is 0 Å². The van der Waals surface area contributed by atoms with Crippen LogP contribution in [0.2, 0.25) is 0 Å². The maximum Gasteiger partial charge on any atom is 0.0388 e. The fourth-order valence-corrected chi connectivity index (χ4v) is 3.35. The standard InChI is InChI=1S/C14H23NS/c1-9(2)12-7-13(8-12)15-11(4)14-6-5-10(3)16-14/h5-6,9,11-13,15H,7-8H2,1-4H3. The summed E-state index contributed by atoms with van der Waals surface area (Å²) >= 11 is 1.92. The molecule has 2 heteroatoms. The predicted molar refractivity (Wildman–Crippen MR) is 72.0 cm³/mol. The van der Waals surface area contributed by atoms with Gasteiger partial charge in [-0.1, -0.05) is 13.8 Å². The van der Waals surface area contributed by atoms with Crippen LogP contribution in [-0.2, 0) is 0 Å². The minimum atomic E-state index is 0.525. The Morgan fingerprint density at radius 3 is 2.44 bits per heavy atom. The van der Waals surface area contributed by atoms with Gasteiger partial charge in [0.1, 0.15) is 0 Å². The molecule has 0 spiro atoms. The van der Waals surface area contributed by atoms with Crippen LogP contribution >= 0.6 is 11.3 Å². The Bertz CT molecular complexity index is 336. The van der Waals surface area contributed by atoms with E-state index >= 15 is 0 Å². The smallest absolute Gasteiger partial charge is 0.0388 e. The van der Waals surface area contributed by atoms with Crippen LogP contribution in [0, 0.1) is 18.8 Å². The zero-order chi connectivity index (χ0) is 11.7. The van der Waals surface area contributed by atoms with Crippen molar-refractivity contribution in [1.82, 2.24) is 5.32 Å². The molecule has 0 saturated heterocycles. The van der Waals surface area contributed by atoms with Crippen molar-refractivity contribution >= 4 is 11.3 Å². The summed E-state index contributed by atoms with van der Waals surface area (Å²) in [6, 6.07) is 5.76. The van der Waals surface area contributed by atoms with Crippen molar-refractivity contribution in [2.45, 2.75) is 52.6 Å². The first-order chi connectivity index (χ1) is 7.56. The van der Waals surface area contributed by atoms with E-state index in [4.69, 9.17) is 0 Å². The number of thiophene rings is 1. The molecule has 1 nitrogen and oxygen atoms in total. The first kappa shape index (κ1) is 12.1. The molecule has 0 radical (unpaired) electrons. The van der Waals surface area contributed by atoms with Gasteiger partial charge in [0.15, 0.2) is 0 Å². The average Bonchev–Trinajstić information content (AvgIpc) is 2.56. The Morgan fingerprint density at radius 2 is 1.94 bits per heavy atom. The summed E-state index contributed by atoms with van der Waals surface area (Å²) in [5, 5.41) is 3.74. The van der Waals surface area contributed by atoms with Crippen LogP contribution in [0.15, 0.2) is 12.1 Å². The van der Waals surface area contributed by atoms with Crippen molar-refractivity contribution < 1.29 is 0 Å². The topological polar surface area (TPSA) is 12.0 Å². The van der Waals surface area contributed by atoms with Crippen molar-refractivity contribution in [2.75, 3.05) is 0 Å². The molecule has 1 unspecified atom stereocenters. The fourth-order valence-electron chi connectivity index (χ4n) is 2.46. The molecule has 1 aliphatic rings. The molecule has 2 rings (SSSR count). The van der Waals surface area contributed by atoms with Crippen molar-refractivity contribution in [3.63, 3.8) is 0 Å². The summed E-state index contributed by atoms with van der Waals surface area (Å²) in [6.07, 6.45) is 2.73. The van der Waals surface area contributed by atoms with Gasteiger partial charge >= 0.3 is 0 Å². The Hall–Kier alpha value is -0.340. The maximum atomic E-state index is 3.74. The summed E-state index contributed by atoms with van der Waals surface area (Å²) in [4.78, 5) is 2.89. The molecule has 1 fully saturated rings. The van der Waals surface area contributed by atoms with Crippen molar-refractivity contribution in [2.24, 2.45) is 11.8 Å². The second kappa shape index (κ2) is 4.89. The van der Waals surface area contributed by atoms with Gasteiger partial charge in [-0.2, -0.15) is 0 Å². The van der Waals surface area contributed by atoms with Crippen LogP contribution in [0.4, 0.5) is 0 Å². The van der Waals surface area contributed by atoms with Gasteiger partial charge in [0.05, 0.1) is 0 Å². The highest BCUT2D eigenvalue weighted by atomic mass is 32.1. The van der Waals surface area contributed by atoms with Crippen LogP contribution in [0.1, 0.15) is 49.4 Å². The van der Waals surface area contributed by atoms with Gasteiger partial charge in [-0.25, -0.2) is 0 Å². The SMILES string of the molecule is Cc1ccc(C(C)NC2CC(C(C)C)C2)s1. The number of aryl methyl sites for hydroxylation is 1. The number of rotatable bonds is 4. The van der Waals surface area contributed by atoms with Crippen LogP contribution < -0.4 is 5.32 Å². The fraction of sp³-hybridized carbons (Fsp3) is 0.714. The quantitative estimate of drug-likeness (QED) is 0.830. The maximum absolute atomic E-state index is 3.74. The zero-order valence-electron chi connectivity index (χ0n) is 10.8. The third-order valence-electron chi connectivity index (χ3n) is 3.79. The second-order valence-corrected chi connectivity index (χ2v) is 6.83. The lowest BCUT2D eigenvalue weighted by atomic mass is 9.73. The first-order valence-corrected chi connectivity index (χ1v) is 7.20. The molecular formula is C14H23NS. The lowest BCUT2D eigenvalue weighted by Crippen LogP contribution is -2.43. The summed E-state index contributed by atoms with van der Waals surface area (Å²) in [7, 11) is 0. The molecule has 1 aromatic rings. The van der Waals surface area contributed by atoms with E-state index in [-0.39, 0.29) is 0 Å². The Balaban J connectivity index is 1.79. The molecule has 1 heterocycles. The Kier molecular flexibility index (Phi) is 3.70. The Morgan fingerprint density at radius 1 is 1.25 bits per heavy atom. The molecule has 1 aromatic heterocycles. The largest absolute Gasteiger partial charge is 0.307 e. The van der Waals surface area contributed by atoms with Crippen LogP contribution in [-0.4, -0.2) is 6.04 Å². The third-order valence-corrected chi connectivity index (χ3v) is 4.97. The van der Waals surface area contributed by atoms with E-state index in [1.54, 1.807) is 0 Å². The summed E-state index contributed by atoms with van der Waals surface area (Å²) in [5.41, 5.74) is 0. The molecular weight excluding hydrogens is 214 g/mol. The van der Waals surface area contributed by atoms with Crippen LogP contribution in [0.5, 0.6) is 0 Å². The Labute approximate surface area is 103 Å². The monoisotopic (exact) mass is 237 g/mol.